The summed E-state index contributed by atoms with van der Waals surface area (Å²) < 4.78 is 7.10. The Morgan fingerprint density at radius 3 is 2.57 bits per heavy atom. The molecule has 1 aromatic carbocycles. The Hall–Kier alpha value is -1.86. The molecule has 124 valence electrons. The lowest BCUT2D eigenvalue weighted by molar-refractivity contribution is -0.119. The van der Waals surface area contributed by atoms with E-state index in [-0.39, 0.29) is 17.2 Å². The number of amides is 1. The van der Waals surface area contributed by atoms with Gasteiger partial charge in [0.25, 0.3) is 0 Å². The lowest BCUT2D eigenvalue weighted by Crippen LogP contribution is -2.41. The monoisotopic (exact) mass is 334 g/mol. The normalized spacial score (nSPS) is 11.5. The Labute approximate surface area is 140 Å². The van der Waals surface area contributed by atoms with E-state index in [9.17, 15) is 4.79 Å². The number of rotatable bonds is 6. The molecule has 1 heterocycles. The average Bonchev–Trinajstić information content (AvgIpc) is 2.87. The van der Waals surface area contributed by atoms with Crippen LogP contribution in [0.15, 0.2) is 35.5 Å². The lowest BCUT2D eigenvalue weighted by Gasteiger charge is -2.20. The van der Waals surface area contributed by atoms with Crippen LogP contribution in [0.5, 0.6) is 0 Å². The van der Waals surface area contributed by atoms with Gasteiger partial charge in [-0.3, -0.25) is 9.36 Å². The van der Waals surface area contributed by atoms with Crippen LogP contribution in [0.3, 0.4) is 0 Å². The van der Waals surface area contributed by atoms with Crippen LogP contribution < -0.4 is 5.32 Å². The fraction of sp³-hybridized carbons (Fsp3) is 0.438. The summed E-state index contributed by atoms with van der Waals surface area (Å²) in [6.45, 7) is 6.23. The predicted molar refractivity (Wildman–Crippen MR) is 90.7 cm³/mol. The number of para-hydroxylation sites is 1. The standard InChI is InChI=1S/C16H22N4O2S/c1-16(2,3)17-14(21)11-23-15-19-18-13(10-22-4)20(15)12-8-6-5-7-9-12/h5-9H,10-11H2,1-4H3,(H,17,21). The van der Waals surface area contributed by atoms with Gasteiger partial charge in [-0.15, -0.1) is 10.2 Å². The van der Waals surface area contributed by atoms with Gasteiger partial charge in [0, 0.05) is 18.3 Å². The highest BCUT2D eigenvalue weighted by molar-refractivity contribution is 7.99. The first-order valence-corrected chi connectivity index (χ1v) is 8.32. The molecule has 0 saturated heterocycles. The number of methoxy groups -OCH3 is 1. The van der Waals surface area contributed by atoms with E-state index in [1.54, 1.807) is 7.11 Å². The summed E-state index contributed by atoms with van der Waals surface area (Å²) in [5, 5.41) is 12.0. The summed E-state index contributed by atoms with van der Waals surface area (Å²) in [6, 6.07) is 9.80. The van der Waals surface area contributed by atoms with Crippen LogP contribution >= 0.6 is 11.8 Å². The van der Waals surface area contributed by atoms with Crippen molar-refractivity contribution in [3.8, 4) is 5.69 Å². The Kier molecular flexibility index (Phi) is 5.79. The highest BCUT2D eigenvalue weighted by Gasteiger charge is 2.18. The number of nitrogens with one attached hydrogen (secondary N) is 1. The van der Waals surface area contributed by atoms with Crippen molar-refractivity contribution in [1.82, 2.24) is 20.1 Å². The molecule has 2 rings (SSSR count). The summed E-state index contributed by atoms with van der Waals surface area (Å²) in [7, 11) is 1.62. The molecule has 0 radical (unpaired) electrons. The first-order valence-electron chi connectivity index (χ1n) is 7.33. The zero-order valence-corrected chi connectivity index (χ0v) is 14.7. The fourth-order valence-electron chi connectivity index (χ4n) is 2.04. The zero-order chi connectivity index (χ0) is 16.9. The number of aromatic nitrogens is 3. The van der Waals surface area contributed by atoms with Crippen molar-refractivity contribution in [2.75, 3.05) is 12.9 Å². The molecule has 0 aliphatic carbocycles. The van der Waals surface area contributed by atoms with Crippen molar-refractivity contribution in [3.05, 3.63) is 36.2 Å². The van der Waals surface area contributed by atoms with Gasteiger partial charge < -0.3 is 10.1 Å². The summed E-state index contributed by atoms with van der Waals surface area (Å²) in [5.74, 6) is 0.964. The number of hydrogen-bond acceptors (Lipinski definition) is 5. The molecule has 0 aliphatic rings. The maximum atomic E-state index is 12.0. The van der Waals surface area contributed by atoms with Crippen LogP contribution in [0.2, 0.25) is 0 Å². The fourth-order valence-corrected chi connectivity index (χ4v) is 2.81. The van der Waals surface area contributed by atoms with Crippen molar-refractivity contribution in [1.29, 1.82) is 0 Å². The minimum absolute atomic E-state index is 0.0293. The summed E-state index contributed by atoms with van der Waals surface area (Å²) in [6.07, 6.45) is 0. The number of benzene rings is 1. The van der Waals surface area contributed by atoms with Crippen molar-refractivity contribution < 1.29 is 9.53 Å². The van der Waals surface area contributed by atoms with Crippen molar-refractivity contribution in [2.45, 2.75) is 38.1 Å². The quantitative estimate of drug-likeness (QED) is 0.822. The molecule has 23 heavy (non-hydrogen) atoms. The predicted octanol–water partition coefficient (Wildman–Crippen LogP) is 2.42. The number of nitrogens with zero attached hydrogens (tertiary/aromatic N) is 3. The van der Waals surface area contributed by atoms with Gasteiger partial charge in [0.1, 0.15) is 6.61 Å². The summed E-state index contributed by atoms with van der Waals surface area (Å²) >= 11 is 1.36. The van der Waals surface area contributed by atoms with E-state index in [2.05, 4.69) is 15.5 Å². The van der Waals surface area contributed by atoms with Gasteiger partial charge in [-0.05, 0) is 32.9 Å². The van der Waals surface area contributed by atoms with Crippen LogP contribution in [0.1, 0.15) is 26.6 Å². The van der Waals surface area contributed by atoms with E-state index in [0.717, 1.165) is 5.69 Å². The van der Waals surface area contributed by atoms with Gasteiger partial charge in [0.2, 0.25) is 5.91 Å². The topological polar surface area (TPSA) is 69.0 Å². The van der Waals surface area contributed by atoms with Gasteiger partial charge in [0.05, 0.1) is 5.75 Å². The summed E-state index contributed by atoms with van der Waals surface area (Å²) in [5.41, 5.74) is 0.703. The van der Waals surface area contributed by atoms with Gasteiger partial charge in [-0.1, -0.05) is 30.0 Å². The minimum Gasteiger partial charge on any atom is -0.377 e. The van der Waals surface area contributed by atoms with Crippen LogP contribution in [-0.4, -0.2) is 39.1 Å². The SMILES string of the molecule is COCc1nnc(SCC(=O)NC(C)(C)C)n1-c1ccccc1. The van der Waals surface area contributed by atoms with Crippen LogP contribution in [0.25, 0.3) is 5.69 Å². The first-order chi connectivity index (χ1) is 10.9. The van der Waals surface area contributed by atoms with E-state index in [1.165, 1.54) is 11.8 Å². The van der Waals surface area contributed by atoms with Crippen molar-refractivity contribution >= 4 is 17.7 Å². The molecule has 7 heteroatoms. The molecule has 0 atom stereocenters. The Balaban J connectivity index is 2.18. The van der Waals surface area contributed by atoms with Crippen LogP contribution in [0.4, 0.5) is 0 Å². The van der Waals surface area contributed by atoms with E-state index < -0.39 is 0 Å². The summed E-state index contributed by atoms with van der Waals surface area (Å²) in [4.78, 5) is 12.0. The van der Waals surface area contributed by atoms with Gasteiger partial charge in [-0.2, -0.15) is 0 Å². The largest absolute Gasteiger partial charge is 0.377 e. The molecule has 0 unspecified atom stereocenters. The van der Waals surface area contributed by atoms with E-state index >= 15 is 0 Å². The van der Waals surface area contributed by atoms with Crippen LogP contribution in [-0.2, 0) is 16.1 Å². The van der Waals surface area contributed by atoms with Gasteiger partial charge >= 0.3 is 0 Å². The van der Waals surface area contributed by atoms with Gasteiger partial charge in [0.15, 0.2) is 11.0 Å². The van der Waals surface area contributed by atoms with Gasteiger partial charge in [-0.25, -0.2) is 0 Å². The highest BCUT2D eigenvalue weighted by Crippen LogP contribution is 2.22. The zero-order valence-electron chi connectivity index (χ0n) is 13.9. The molecule has 1 amide bonds. The number of thioether (sulfide) groups is 1. The van der Waals surface area contributed by atoms with E-state index in [4.69, 9.17) is 4.74 Å². The second kappa shape index (κ2) is 7.61. The number of hydrogen-bond donors (Lipinski definition) is 1. The van der Waals surface area contributed by atoms with Crippen molar-refractivity contribution in [3.63, 3.8) is 0 Å². The van der Waals surface area contributed by atoms with E-state index in [0.29, 0.717) is 17.6 Å². The third-order valence-electron chi connectivity index (χ3n) is 2.83. The molecule has 2 aromatic rings. The first kappa shape index (κ1) is 17.5. The van der Waals surface area contributed by atoms with Crippen molar-refractivity contribution in [2.24, 2.45) is 0 Å². The number of carbonyl (C=O) groups excluding carboxylic acids is 1. The average molecular weight is 334 g/mol. The molecule has 1 N–H and O–H groups in total. The molecular weight excluding hydrogens is 312 g/mol. The second-order valence-electron chi connectivity index (χ2n) is 6.09. The number of carbonyl (C=O) groups is 1. The molecule has 0 saturated carbocycles. The Morgan fingerprint density at radius 1 is 1.26 bits per heavy atom. The molecular formula is C16H22N4O2S. The molecule has 0 aliphatic heterocycles. The third-order valence-corrected chi connectivity index (χ3v) is 3.76. The highest BCUT2D eigenvalue weighted by atomic mass is 32.2. The third kappa shape index (κ3) is 5.07. The minimum atomic E-state index is -0.244. The molecule has 1 aromatic heterocycles. The second-order valence-corrected chi connectivity index (χ2v) is 7.03. The maximum Gasteiger partial charge on any atom is 0.230 e. The lowest BCUT2D eigenvalue weighted by atomic mass is 10.1. The molecule has 0 bridgehead atoms. The molecule has 6 nitrogen and oxygen atoms in total. The Bertz CT molecular complexity index is 650. The van der Waals surface area contributed by atoms with Crippen LogP contribution in [0, 0.1) is 0 Å². The van der Waals surface area contributed by atoms with E-state index in [1.807, 2.05) is 55.7 Å². The Morgan fingerprint density at radius 2 is 1.96 bits per heavy atom. The molecule has 0 spiro atoms. The molecule has 0 fully saturated rings. The maximum absolute atomic E-state index is 12.0. The smallest absolute Gasteiger partial charge is 0.230 e. The number of ether oxygens (including phenoxy) is 1.